The minimum Gasteiger partial charge on any atom is -0.483 e. The van der Waals surface area contributed by atoms with Gasteiger partial charge in [-0.25, -0.2) is 8.42 Å². The largest absolute Gasteiger partial charge is 0.483 e. The molecule has 28 heavy (non-hydrogen) atoms. The topological polar surface area (TPSA) is 75.7 Å². The molecule has 1 aliphatic rings. The van der Waals surface area contributed by atoms with Crippen molar-refractivity contribution in [2.75, 3.05) is 28.5 Å². The fraction of sp³-hybridized carbons (Fsp3) is 0.381. The first-order chi connectivity index (χ1) is 13.4. The zero-order valence-electron chi connectivity index (χ0n) is 16.2. The molecule has 7 heteroatoms. The number of nitrogens with one attached hydrogen (secondary N) is 1. The second-order valence-electron chi connectivity index (χ2n) is 6.97. The van der Waals surface area contributed by atoms with Gasteiger partial charge in [-0.1, -0.05) is 32.0 Å². The monoisotopic (exact) mass is 402 g/mol. The molecule has 1 fully saturated rings. The van der Waals surface area contributed by atoms with Crippen LogP contribution in [-0.4, -0.2) is 33.2 Å². The Hall–Kier alpha value is -2.54. The van der Waals surface area contributed by atoms with Crippen LogP contribution in [0.5, 0.6) is 5.75 Å². The van der Waals surface area contributed by atoms with Gasteiger partial charge >= 0.3 is 0 Å². The Morgan fingerprint density at radius 3 is 2.54 bits per heavy atom. The van der Waals surface area contributed by atoms with Crippen molar-refractivity contribution in [3.05, 3.63) is 54.1 Å². The number of anilines is 2. The molecule has 1 unspecified atom stereocenters. The number of hydrogen-bond acceptors (Lipinski definition) is 4. The van der Waals surface area contributed by atoms with Crippen LogP contribution in [0.1, 0.15) is 38.2 Å². The van der Waals surface area contributed by atoms with E-state index in [1.54, 1.807) is 24.3 Å². The predicted octanol–water partition coefficient (Wildman–Crippen LogP) is 3.76. The summed E-state index contributed by atoms with van der Waals surface area (Å²) < 4.78 is 31.1. The highest BCUT2D eigenvalue weighted by molar-refractivity contribution is 7.93. The maximum atomic E-state index is 12.2. The van der Waals surface area contributed by atoms with Crippen molar-refractivity contribution >= 4 is 27.3 Å². The zero-order chi connectivity index (χ0) is 20.1. The number of carbonyl (C=O) groups is 1. The van der Waals surface area contributed by atoms with Crippen LogP contribution in [0.4, 0.5) is 11.4 Å². The van der Waals surface area contributed by atoms with Crippen molar-refractivity contribution in [2.45, 2.75) is 32.6 Å². The third kappa shape index (κ3) is 4.65. The fourth-order valence-corrected chi connectivity index (χ4v) is 4.78. The second-order valence-corrected chi connectivity index (χ2v) is 8.99. The number of rotatable bonds is 7. The number of nitrogens with zero attached hydrogens (tertiary/aromatic N) is 1. The number of amides is 1. The lowest BCUT2D eigenvalue weighted by Crippen LogP contribution is -2.25. The number of ether oxygens (including phenoxy) is 1. The average molecular weight is 403 g/mol. The van der Waals surface area contributed by atoms with E-state index < -0.39 is 10.0 Å². The van der Waals surface area contributed by atoms with Crippen LogP contribution >= 0.6 is 0 Å². The molecule has 1 aliphatic heterocycles. The number of sulfonamides is 1. The van der Waals surface area contributed by atoms with Gasteiger partial charge in [-0.15, -0.1) is 0 Å². The van der Waals surface area contributed by atoms with Crippen molar-refractivity contribution in [1.29, 1.82) is 0 Å². The van der Waals surface area contributed by atoms with Crippen molar-refractivity contribution in [1.82, 2.24) is 0 Å². The molecule has 3 rings (SSSR count). The average Bonchev–Trinajstić information content (AvgIpc) is 3.05. The van der Waals surface area contributed by atoms with E-state index in [0.717, 1.165) is 17.7 Å². The summed E-state index contributed by atoms with van der Waals surface area (Å²) in [5.74, 6) is 0.997. The third-order valence-corrected chi connectivity index (χ3v) is 6.83. The summed E-state index contributed by atoms with van der Waals surface area (Å²) in [5, 5.41) is 2.78. The zero-order valence-corrected chi connectivity index (χ0v) is 17.0. The lowest BCUT2D eigenvalue weighted by atomic mass is 9.98. The number of para-hydroxylation sites is 1. The Kier molecular flexibility index (Phi) is 6.24. The Morgan fingerprint density at radius 2 is 1.89 bits per heavy atom. The summed E-state index contributed by atoms with van der Waals surface area (Å²) >= 11 is 0. The van der Waals surface area contributed by atoms with E-state index in [9.17, 15) is 13.2 Å². The molecule has 0 bridgehead atoms. The van der Waals surface area contributed by atoms with Crippen LogP contribution < -0.4 is 14.4 Å². The van der Waals surface area contributed by atoms with Gasteiger partial charge < -0.3 is 10.1 Å². The summed E-state index contributed by atoms with van der Waals surface area (Å²) in [4.78, 5) is 12.2. The molecule has 0 radical (unpaired) electrons. The van der Waals surface area contributed by atoms with Gasteiger partial charge in [-0.3, -0.25) is 9.10 Å². The molecule has 0 aromatic heterocycles. The highest BCUT2D eigenvalue weighted by Crippen LogP contribution is 2.28. The van der Waals surface area contributed by atoms with Crippen molar-refractivity contribution in [3.8, 4) is 5.75 Å². The normalized spacial score (nSPS) is 16.6. The highest BCUT2D eigenvalue weighted by atomic mass is 32.2. The lowest BCUT2D eigenvalue weighted by Gasteiger charge is -2.17. The van der Waals surface area contributed by atoms with Gasteiger partial charge in [0.1, 0.15) is 5.75 Å². The fourth-order valence-electron chi connectivity index (χ4n) is 3.22. The van der Waals surface area contributed by atoms with E-state index >= 15 is 0 Å². The maximum absolute atomic E-state index is 12.2. The van der Waals surface area contributed by atoms with Crippen LogP contribution in [0.3, 0.4) is 0 Å². The summed E-state index contributed by atoms with van der Waals surface area (Å²) in [6.45, 7) is 4.66. The molecular weight excluding hydrogens is 376 g/mol. The van der Waals surface area contributed by atoms with Crippen LogP contribution in [0.25, 0.3) is 0 Å². The maximum Gasteiger partial charge on any atom is 0.262 e. The van der Waals surface area contributed by atoms with E-state index in [-0.39, 0.29) is 18.3 Å². The molecule has 1 heterocycles. The van der Waals surface area contributed by atoms with Gasteiger partial charge in [-0.05, 0) is 54.7 Å². The van der Waals surface area contributed by atoms with Gasteiger partial charge in [0.25, 0.3) is 5.91 Å². The Labute approximate surface area is 166 Å². The van der Waals surface area contributed by atoms with Crippen LogP contribution in [-0.2, 0) is 14.8 Å². The molecule has 2 aromatic rings. The quantitative estimate of drug-likeness (QED) is 0.765. The minimum atomic E-state index is -3.20. The van der Waals surface area contributed by atoms with Crippen LogP contribution in [0, 0.1) is 0 Å². The van der Waals surface area contributed by atoms with Gasteiger partial charge in [0.2, 0.25) is 10.0 Å². The number of carbonyl (C=O) groups excluding carboxylic acids is 1. The van der Waals surface area contributed by atoms with E-state index in [2.05, 4.69) is 19.2 Å². The Balaban J connectivity index is 1.59. The lowest BCUT2D eigenvalue weighted by molar-refractivity contribution is -0.118. The molecule has 1 amide bonds. The molecule has 1 saturated heterocycles. The molecule has 0 aliphatic carbocycles. The van der Waals surface area contributed by atoms with Crippen molar-refractivity contribution in [3.63, 3.8) is 0 Å². The van der Waals surface area contributed by atoms with Gasteiger partial charge in [0, 0.05) is 12.2 Å². The smallest absolute Gasteiger partial charge is 0.262 e. The van der Waals surface area contributed by atoms with Gasteiger partial charge in [-0.2, -0.15) is 0 Å². The van der Waals surface area contributed by atoms with Gasteiger partial charge in [0.15, 0.2) is 6.61 Å². The third-order valence-electron chi connectivity index (χ3n) is 4.96. The molecule has 0 spiro atoms. The van der Waals surface area contributed by atoms with Crippen molar-refractivity contribution in [2.24, 2.45) is 0 Å². The summed E-state index contributed by atoms with van der Waals surface area (Å²) in [6, 6.07) is 14.6. The molecular formula is C21H26N2O4S. The molecule has 1 N–H and O–H groups in total. The van der Waals surface area contributed by atoms with E-state index in [1.807, 2.05) is 24.3 Å². The van der Waals surface area contributed by atoms with E-state index in [1.165, 1.54) is 4.31 Å². The second kappa shape index (κ2) is 8.65. The highest BCUT2D eigenvalue weighted by Gasteiger charge is 2.28. The number of hydrogen-bond donors (Lipinski definition) is 1. The Bertz CT molecular complexity index is 926. The molecule has 6 nitrogen and oxygen atoms in total. The first-order valence-electron chi connectivity index (χ1n) is 9.52. The minimum absolute atomic E-state index is 0.0876. The molecule has 2 aromatic carbocycles. The first kappa shape index (κ1) is 20.2. The SMILES string of the molecule is CCC(C)c1ccccc1OCC(=O)Nc1ccc(N2CCCS2(=O)=O)cc1. The van der Waals surface area contributed by atoms with E-state index in [0.29, 0.717) is 30.3 Å². The van der Waals surface area contributed by atoms with Crippen LogP contribution in [0.15, 0.2) is 48.5 Å². The van der Waals surface area contributed by atoms with Gasteiger partial charge in [0.05, 0.1) is 11.4 Å². The predicted molar refractivity (Wildman–Crippen MR) is 111 cm³/mol. The molecule has 0 saturated carbocycles. The Morgan fingerprint density at radius 1 is 1.18 bits per heavy atom. The number of benzene rings is 2. The van der Waals surface area contributed by atoms with E-state index in [4.69, 9.17) is 4.74 Å². The summed E-state index contributed by atoms with van der Waals surface area (Å²) in [7, 11) is -3.20. The first-order valence-corrected chi connectivity index (χ1v) is 11.1. The van der Waals surface area contributed by atoms with Crippen LogP contribution in [0.2, 0.25) is 0 Å². The van der Waals surface area contributed by atoms with Crippen molar-refractivity contribution < 1.29 is 17.9 Å². The summed E-state index contributed by atoms with van der Waals surface area (Å²) in [5.41, 5.74) is 2.31. The summed E-state index contributed by atoms with van der Waals surface area (Å²) in [6.07, 6.45) is 1.63. The molecule has 1 atom stereocenters. The standard InChI is InChI=1S/C21H26N2O4S/c1-3-16(2)19-7-4-5-8-20(19)27-15-21(24)22-17-9-11-18(12-10-17)23-13-6-14-28(23,25)26/h4-5,7-12,16H,3,6,13-15H2,1-2H3,(H,22,24). The molecule has 150 valence electrons.